The Morgan fingerprint density at radius 3 is 2.09 bits per heavy atom. The van der Waals surface area contributed by atoms with E-state index in [4.69, 9.17) is 9.16 Å². The van der Waals surface area contributed by atoms with Crippen molar-refractivity contribution in [1.29, 1.82) is 0 Å². The first-order valence-electron chi connectivity index (χ1n) is 8.11. The predicted molar refractivity (Wildman–Crippen MR) is 84.9 cm³/mol. The highest BCUT2D eigenvalue weighted by Crippen LogP contribution is 2.42. The van der Waals surface area contributed by atoms with Crippen LogP contribution >= 0.6 is 0 Å². The van der Waals surface area contributed by atoms with Crippen LogP contribution in [0.1, 0.15) is 41.5 Å². The lowest BCUT2D eigenvalue weighted by Gasteiger charge is -2.54. The van der Waals surface area contributed by atoms with Crippen molar-refractivity contribution in [2.75, 3.05) is 0 Å². The van der Waals surface area contributed by atoms with E-state index in [0.29, 0.717) is 4.90 Å². The molecule has 134 valence electrons. The molecule has 1 fully saturated rings. The third kappa shape index (κ3) is 3.57. The number of ether oxygens (including phenoxy) is 1. The minimum absolute atomic E-state index is 0.489. The van der Waals surface area contributed by atoms with Crippen molar-refractivity contribution >= 4 is 20.3 Å². The summed E-state index contributed by atoms with van der Waals surface area (Å²) in [4.78, 5) is 24.9. The maximum Gasteiger partial charge on any atom is 0.417 e. The van der Waals surface area contributed by atoms with Crippen LogP contribution in [0.5, 0.6) is 0 Å². The number of hydrogen-bond acceptors (Lipinski definition) is 4. The zero-order valence-electron chi connectivity index (χ0n) is 14.7. The van der Waals surface area contributed by atoms with Gasteiger partial charge >= 0.3 is 6.09 Å². The Balaban J connectivity index is 3.07. The van der Waals surface area contributed by atoms with E-state index in [9.17, 15) is 18.4 Å². The number of likely N-dealkylation sites (tertiary alicyclic amines) is 1. The third-order valence-corrected chi connectivity index (χ3v) is 9.34. The Kier molecular flexibility index (Phi) is 6.31. The molecule has 0 N–H and O–H groups in total. The lowest BCUT2D eigenvalue weighted by Crippen LogP contribution is -2.79. The van der Waals surface area contributed by atoms with Gasteiger partial charge in [-0.05, 0) is 38.9 Å². The summed E-state index contributed by atoms with van der Waals surface area (Å²) in [6, 6.07) is 0.595. The number of imide groups is 1. The highest BCUT2D eigenvalue weighted by molar-refractivity contribution is 6.73. The van der Waals surface area contributed by atoms with E-state index < -0.39 is 44.5 Å². The first kappa shape index (κ1) is 20.0. The van der Waals surface area contributed by atoms with Crippen molar-refractivity contribution in [3.8, 4) is 0 Å². The summed E-state index contributed by atoms with van der Waals surface area (Å²) in [7, 11) is -2.28. The normalized spacial score (nSPS) is 25.0. The van der Waals surface area contributed by atoms with Crippen LogP contribution in [0.2, 0.25) is 18.1 Å². The average Bonchev–Trinajstić information content (AvgIpc) is 2.48. The predicted octanol–water partition coefficient (Wildman–Crippen LogP) is 3.79. The van der Waals surface area contributed by atoms with Crippen molar-refractivity contribution in [3.63, 3.8) is 0 Å². The van der Waals surface area contributed by atoms with Gasteiger partial charge in [0.15, 0.2) is 13.9 Å². The molecule has 23 heavy (non-hydrogen) atoms. The Bertz CT molecular complexity index is 448. The second-order valence-electron chi connectivity index (χ2n) is 6.34. The summed E-state index contributed by atoms with van der Waals surface area (Å²) in [6.45, 7) is 10.4. The van der Waals surface area contributed by atoms with Crippen LogP contribution in [0.3, 0.4) is 0 Å². The van der Waals surface area contributed by atoms with Gasteiger partial charge in [0.2, 0.25) is 0 Å². The number of amides is 2. The van der Waals surface area contributed by atoms with Gasteiger partial charge in [0.25, 0.3) is 12.3 Å². The van der Waals surface area contributed by atoms with Gasteiger partial charge in [-0.15, -0.1) is 0 Å². The number of rotatable bonds is 7. The monoisotopic (exact) mass is 351 g/mol. The standard InChI is InChI=1S/C15H27F2NO4Si/c1-7-23(8-2,9-3)22-15(6)11(12(16)17)18(13(15)19)14(20)21-10(4)5/h10-12H,7-9H2,1-6H3/t11-,15+/m0/s1. The van der Waals surface area contributed by atoms with E-state index in [2.05, 4.69) is 0 Å². The van der Waals surface area contributed by atoms with Crippen LogP contribution in [0.15, 0.2) is 0 Å². The molecule has 0 radical (unpaired) electrons. The van der Waals surface area contributed by atoms with Gasteiger partial charge in [0, 0.05) is 0 Å². The van der Waals surface area contributed by atoms with E-state index in [-0.39, 0.29) is 0 Å². The first-order chi connectivity index (χ1) is 10.6. The molecule has 0 saturated carbocycles. The number of hydrogen-bond donors (Lipinski definition) is 0. The van der Waals surface area contributed by atoms with E-state index in [1.807, 2.05) is 20.8 Å². The first-order valence-corrected chi connectivity index (χ1v) is 10.6. The summed E-state index contributed by atoms with van der Waals surface area (Å²) < 4.78 is 38.0. The highest BCUT2D eigenvalue weighted by atomic mass is 28.4. The lowest BCUT2D eigenvalue weighted by atomic mass is 9.84. The van der Waals surface area contributed by atoms with Crippen LogP contribution < -0.4 is 0 Å². The van der Waals surface area contributed by atoms with Crippen LogP contribution in [0, 0.1) is 0 Å². The quantitative estimate of drug-likeness (QED) is 0.517. The molecule has 0 aromatic rings. The number of nitrogens with zero attached hydrogens (tertiary/aromatic N) is 1. The summed E-state index contributed by atoms with van der Waals surface area (Å²) in [5, 5.41) is 0. The van der Waals surface area contributed by atoms with Crippen LogP contribution in [0.25, 0.3) is 0 Å². The smallest absolute Gasteiger partial charge is 0.417 e. The number of β-lactam (4-membered cyclic amide) rings is 1. The molecule has 1 saturated heterocycles. The zero-order chi connectivity index (χ0) is 18.0. The molecule has 1 heterocycles. The molecule has 0 aliphatic carbocycles. The van der Waals surface area contributed by atoms with Crippen LogP contribution in [0.4, 0.5) is 13.6 Å². The summed E-state index contributed by atoms with van der Waals surface area (Å²) in [5.41, 5.74) is -1.65. The van der Waals surface area contributed by atoms with Crippen LogP contribution in [-0.2, 0) is 14.0 Å². The molecule has 2 atom stereocenters. The zero-order valence-corrected chi connectivity index (χ0v) is 15.7. The maximum atomic E-state index is 13.5. The van der Waals surface area contributed by atoms with Crippen molar-refractivity contribution in [2.24, 2.45) is 0 Å². The van der Waals surface area contributed by atoms with Crippen LogP contribution in [-0.4, -0.2) is 49.4 Å². The second-order valence-corrected chi connectivity index (χ2v) is 11.0. The van der Waals surface area contributed by atoms with Crippen molar-refractivity contribution < 1.29 is 27.5 Å². The Morgan fingerprint density at radius 1 is 1.26 bits per heavy atom. The molecule has 0 bridgehead atoms. The van der Waals surface area contributed by atoms with Gasteiger partial charge in [-0.3, -0.25) is 4.79 Å². The van der Waals surface area contributed by atoms with E-state index >= 15 is 0 Å². The minimum atomic E-state index is -2.88. The summed E-state index contributed by atoms with van der Waals surface area (Å²) in [6.07, 6.45) is -4.40. The second kappa shape index (κ2) is 7.25. The van der Waals surface area contributed by atoms with Gasteiger partial charge in [0.1, 0.15) is 6.04 Å². The molecule has 1 aliphatic rings. The van der Waals surface area contributed by atoms with Gasteiger partial charge in [-0.25, -0.2) is 18.5 Å². The fourth-order valence-electron chi connectivity index (χ4n) is 3.00. The van der Waals surface area contributed by atoms with Crippen molar-refractivity contribution in [1.82, 2.24) is 4.90 Å². The van der Waals surface area contributed by atoms with Gasteiger partial charge < -0.3 is 9.16 Å². The maximum absolute atomic E-state index is 13.5. The third-order valence-electron chi connectivity index (χ3n) is 4.62. The number of carbonyl (C=O) groups excluding carboxylic acids is 2. The number of halogens is 2. The molecule has 8 heteroatoms. The molecule has 0 spiro atoms. The Hall–Kier alpha value is -1.02. The topological polar surface area (TPSA) is 55.8 Å². The average molecular weight is 351 g/mol. The van der Waals surface area contributed by atoms with Gasteiger partial charge in [0.05, 0.1) is 6.10 Å². The summed E-state index contributed by atoms with van der Waals surface area (Å²) >= 11 is 0. The van der Waals surface area contributed by atoms with E-state index in [1.165, 1.54) is 6.92 Å². The largest absolute Gasteiger partial charge is 0.446 e. The lowest BCUT2D eigenvalue weighted by molar-refractivity contribution is -0.194. The fourth-order valence-corrected chi connectivity index (χ4v) is 6.04. The molecule has 0 unspecified atom stereocenters. The number of alkyl halides is 2. The van der Waals surface area contributed by atoms with E-state index in [1.54, 1.807) is 13.8 Å². The molecule has 2 amide bonds. The Labute approximate surface area is 137 Å². The van der Waals surface area contributed by atoms with Gasteiger partial charge in [-0.1, -0.05) is 20.8 Å². The molecule has 0 aromatic heterocycles. The summed E-state index contributed by atoms with van der Waals surface area (Å²) in [5.74, 6) is -0.735. The minimum Gasteiger partial charge on any atom is -0.446 e. The Morgan fingerprint density at radius 2 is 1.74 bits per heavy atom. The SMILES string of the molecule is CC[Si](CC)(CC)O[C@@]1(C)C(=O)N(C(=O)OC(C)C)[C@H]1C(F)F. The number of carbonyl (C=O) groups is 2. The molecule has 0 aromatic carbocycles. The molecular formula is C15H27F2NO4Si. The molecular weight excluding hydrogens is 324 g/mol. The van der Waals surface area contributed by atoms with Crippen molar-refractivity contribution in [3.05, 3.63) is 0 Å². The highest BCUT2D eigenvalue weighted by Gasteiger charge is 2.67. The van der Waals surface area contributed by atoms with E-state index in [0.717, 1.165) is 18.1 Å². The molecule has 1 rings (SSSR count). The molecule has 1 aliphatic heterocycles. The molecule has 5 nitrogen and oxygen atoms in total. The van der Waals surface area contributed by atoms with Crippen molar-refractivity contribution in [2.45, 2.75) is 83.8 Å². The fraction of sp³-hybridized carbons (Fsp3) is 0.867. The van der Waals surface area contributed by atoms with Gasteiger partial charge in [-0.2, -0.15) is 0 Å².